The molecule has 0 amide bonds. The maximum Gasteiger partial charge on any atom is 0.114 e. The Kier molecular flexibility index (Phi) is 3.97. The second-order valence-corrected chi connectivity index (χ2v) is 6.29. The Hall–Kier alpha value is -2.36. The van der Waals surface area contributed by atoms with Gasteiger partial charge in [0.05, 0.1) is 17.6 Å². The molecule has 1 heterocycles. The van der Waals surface area contributed by atoms with Crippen LogP contribution in [0.15, 0.2) is 60.7 Å². The fourth-order valence-electron chi connectivity index (χ4n) is 3.25. The average Bonchev–Trinajstić information content (AvgIpc) is 2.92. The lowest BCUT2D eigenvalue weighted by atomic mass is 10.0. The minimum Gasteiger partial charge on any atom is -0.395 e. The summed E-state index contributed by atoms with van der Waals surface area (Å²) < 4.78 is 2.08. The second kappa shape index (κ2) is 6.27. The summed E-state index contributed by atoms with van der Waals surface area (Å²) in [6.07, 6.45) is 0.716. The van der Waals surface area contributed by atoms with Crippen molar-refractivity contribution in [2.75, 3.05) is 6.61 Å². The molecule has 0 bridgehead atoms. The van der Waals surface area contributed by atoms with Crippen LogP contribution >= 0.6 is 11.6 Å². The number of hydrogen-bond acceptors (Lipinski definition) is 2. The van der Waals surface area contributed by atoms with Crippen LogP contribution in [0.25, 0.3) is 21.8 Å². The summed E-state index contributed by atoms with van der Waals surface area (Å²) in [4.78, 5) is 4.76. The van der Waals surface area contributed by atoms with Gasteiger partial charge >= 0.3 is 0 Å². The summed E-state index contributed by atoms with van der Waals surface area (Å²) in [6, 6.07) is 20.4. The number of halogens is 1. The van der Waals surface area contributed by atoms with Gasteiger partial charge in [-0.15, -0.1) is 0 Å². The van der Waals surface area contributed by atoms with Crippen LogP contribution < -0.4 is 0 Å². The highest BCUT2D eigenvalue weighted by atomic mass is 35.5. The Morgan fingerprint density at radius 3 is 2.71 bits per heavy atom. The van der Waals surface area contributed by atoms with E-state index in [-0.39, 0.29) is 6.61 Å². The molecule has 0 saturated carbocycles. The highest BCUT2D eigenvalue weighted by molar-refractivity contribution is 6.31. The van der Waals surface area contributed by atoms with Crippen LogP contribution in [0.4, 0.5) is 0 Å². The average molecular weight is 337 g/mol. The minimum absolute atomic E-state index is 0.0800. The molecule has 0 spiro atoms. The van der Waals surface area contributed by atoms with E-state index in [1.807, 2.05) is 18.2 Å². The van der Waals surface area contributed by atoms with Gasteiger partial charge in [-0.3, -0.25) is 0 Å². The Balaban J connectivity index is 1.85. The summed E-state index contributed by atoms with van der Waals surface area (Å²) in [5, 5.41) is 12.6. The molecule has 4 rings (SSSR count). The molecule has 120 valence electrons. The van der Waals surface area contributed by atoms with Gasteiger partial charge in [-0.25, -0.2) is 4.98 Å². The highest BCUT2D eigenvalue weighted by Gasteiger charge is 2.12. The number of aliphatic hydroxyl groups excluding tert-OH is 1. The highest BCUT2D eigenvalue weighted by Crippen LogP contribution is 2.25. The van der Waals surface area contributed by atoms with Gasteiger partial charge in [0, 0.05) is 18.0 Å². The molecule has 1 N–H and O–H groups in total. The summed E-state index contributed by atoms with van der Waals surface area (Å²) >= 11 is 6.10. The van der Waals surface area contributed by atoms with Gasteiger partial charge in [0.25, 0.3) is 0 Å². The molecule has 0 aliphatic carbocycles. The molecule has 4 aromatic rings. The standard InChI is InChI=1S/C20H17ClN2O/c21-16-8-9-19-18(13-16)22-20(23(19)10-11-24)12-15-6-3-5-14-4-1-2-7-17(14)15/h1-9,13,24H,10-12H2. The predicted molar refractivity (Wildman–Crippen MR) is 98.6 cm³/mol. The molecule has 1 aromatic heterocycles. The fourth-order valence-corrected chi connectivity index (χ4v) is 3.42. The van der Waals surface area contributed by atoms with E-state index in [4.69, 9.17) is 16.6 Å². The van der Waals surface area contributed by atoms with Crippen molar-refractivity contribution < 1.29 is 5.11 Å². The quantitative estimate of drug-likeness (QED) is 0.599. The minimum atomic E-state index is 0.0800. The van der Waals surface area contributed by atoms with E-state index in [1.165, 1.54) is 16.3 Å². The van der Waals surface area contributed by atoms with Crippen molar-refractivity contribution in [3.63, 3.8) is 0 Å². The first kappa shape index (κ1) is 15.2. The predicted octanol–water partition coefficient (Wildman–Crippen LogP) is 4.43. The third kappa shape index (κ3) is 2.66. The lowest BCUT2D eigenvalue weighted by Gasteiger charge is -2.09. The number of rotatable bonds is 4. The Morgan fingerprint density at radius 2 is 1.83 bits per heavy atom. The number of nitrogens with zero attached hydrogens (tertiary/aromatic N) is 2. The molecule has 24 heavy (non-hydrogen) atoms. The van der Waals surface area contributed by atoms with Gasteiger partial charge in [0.2, 0.25) is 0 Å². The monoisotopic (exact) mass is 336 g/mol. The zero-order valence-corrected chi connectivity index (χ0v) is 13.9. The molecule has 0 radical (unpaired) electrons. The van der Waals surface area contributed by atoms with Crippen LogP contribution in [-0.2, 0) is 13.0 Å². The zero-order valence-electron chi connectivity index (χ0n) is 13.1. The fraction of sp³-hybridized carbons (Fsp3) is 0.150. The van der Waals surface area contributed by atoms with E-state index >= 15 is 0 Å². The Labute approximate surface area is 145 Å². The smallest absolute Gasteiger partial charge is 0.114 e. The molecule has 3 aromatic carbocycles. The van der Waals surface area contributed by atoms with Crippen LogP contribution in [0.5, 0.6) is 0 Å². The van der Waals surface area contributed by atoms with E-state index in [1.54, 1.807) is 0 Å². The molecule has 0 fully saturated rings. The molecular weight excluding hydrogens is 320 g/mol. The van der Waals surface area contributed by atoms with Gasteiger partial charge in [0.15, 0.2) is 0 Å². The Bertz CT molecular complexity index is 1020. The normalized spacial score (nSPS) is 11.4. The first-order chi connectivity index (χ1) is 11.8. The SMILES string of the molecule is OCCn1c(Cc2cccc3ccccc23)nc2cc(Cl)ccc21. The van der Waals surface area contributed by atoms with Crippen molar-refractivity contribution in [2.24, 2.45) is 0 Å². The molecule has 0 atom stereocenters. The lowest BCUT2D eigenvalue weighted by molar-refractivity contribution is 0.276. The van der Waals surface area contributed by atoms with Crippen molar-refractivity contribution in [2.45, 2.75) is 13.0 Å². The van der Waals surface area contributed by atoms with Crippen LogP contribution in [0, 0.1) is 0 Å². The van der Waals surface area contributed by atoms with E-state index in [9.17, 15) is 5.11 Å². The number of hydrogen-bond donors (Lipinski definition) is 1. The number of imidazole rings is 1. The summed E-state index contributed by atoms with van der Waals surface area (Å²) in [7, 11) is 0. The largest absolute Gasteiger partial charge is 0.395 e. The number of benzene rings is 3. The zero-order chi connectivity index (χ0) is 16.5. The van der Waals surface area contributed by atoms with Gasteiger partial charge in [-0.05, 0) is 34.5 Å². The molecule has 0 unspecified atom stereocenters. The van der Waals surface area contributed by atoms with Gasteiger partial charge in [-0.1, -0.05) is 54.1 Å². The molecular formula is C20H17ClN2O. The Morgan fingerprint density at radius 1 is 1.00 bits per heavy atom. The van der Waals surface area contributed by atoms with E-state index in [0.29, 0.717) is 18.0 Å². The lowest BCUT2D eigenvalue weighted by Crippen LogP contribution is -2.07. The topological polar surface area (TPSA) is 38.0 Å². The summed E-state index contributed by atoms with van der Waals surface area (Å²) in [5.74, 6) is 0.942. The number of fused-ring (bicyclic) bond motifs is 2. The third-order valence-corrected chi connectivity index (χ3v) is 4.58. The molecule has 3 nitrogen and oxygen atoms in total. The maximum atomic E-state index is 9.44. The molecule has 4 heteroatoms. The van der Waals surface area contributed by atoms with Crippen LogP contribution in [0.1, 0.15) is 11.4 Å². The van der Waals surface area contributed by atoms with Crippen molar-refractivity contribution in [1.29, 1.82) is 0 Å². The number of aliphatic hydroxyl groups is 1. The van der Waals surface area contributed by atoms with E-state index < -0.39 is 0 Å². The van der Waals surface area contributed by atoms with Crippen molar-refractivity contribution in [3.05, 3.63) is 77.1 Å². The summed E-state index contributed by atoms with van der Waals surface area (Å²) in [6.45, 7) is 0.606. The second-order valence-electron chi connectivity index (χ2n) is 5.85. The molecule has 0 saturated heterocycles. The molecule has 0 aliphatic heterocycles. The van der Waals surface area contributed by atoms with Crippen molar-refractivity contribution >= 4 is 33.4 Å². The van der Waals surface area contributed by atoms with Crippen molar-refractivity contribution in [3.8, 4) is 0 Å². The van der Waals surface area contributed by atoms with Crippen LogP contribution in [0.3, 0.4) is 0 Å². The van der Waals surface area contributed by atoms with Gasteiger partial charge in [0.1, 0.15) is 5.82 Å². The van der Waals surface area contributed by atoms with E-state index in [2.05, 4.69) is 47.0 Å². The third-order valence-electron chi connectivity index (χ3n) is 4.34. The molecule has 0 aliphatic rings. The van der Waals surface area contributed by atoms with Crippen LogP contribution in [-0.4, -0.2) is 21.3 Å². The summed E-state index contributed by atoms with van der Waals surface area (Å²) in [5.41, 5.74) is 3.10. The van der Waals surface area contributed by atoms with Gasteiger partial charge < -0.3 is 9.67 Å². The maximum absolute atomic E-state index is 9.44. The first-order valence-corrected chi connectivity index (χ1v) is 8.36. The first-order valence-electron chi connectivity index (χ1n) is 7.98. The van der Waals surface area contributed by atoms with E-state index in [0.717, 1.165) is 16.9 Å². The van der Waals surface area contributed by atoms with Gasteiger partial charge in [-0.2, -0.15) is 0 Å². The van der Waals surface area contributed by atoms with Crippen molar-refractivity contribution in [1.82, 2.24) is 9.55 Å². The number of aromatic nitrogens is 2. The van der Waals surface area contributed by atoms with Crippen LogP contribution in [0.2, 0.25) is 5.02 Å².